The highest BCUT2D eigenvalue weighted by atomic mass is 16.6. The lowest BCUT2D eigenvalue weighted by molar-refractivity contribution is -0.0958. The van der Waals surface area contributed by atoms with Gasteiger partial charge in [0, 0.05) is 38.0 Å². The Morgan fingerprint density at radius 1 is 0.667 bits per heavy atom. The molecule has 0 bridgehead atoms. The van der Waals surface area contributed by atoms with Gasteiger partial charge in [0.05, 0.1) is 11.2 Å². The van der Waals surface area contributed by atoms with Crippen LogP contribution >= 0.6 is 0 Å². The number of likely N-dealkylation sites (tertiary alicyclic amines) is 2. The van der Waals surface area contributed by atoms with Crippen LogP contribution in [0.2, 0.25) is 0 Å². The Bertz CT molecular complexity index is 711. The van der Waals surface area contributed by atoms with Crippen LogP contribution in [0.1, 0.15) is 106 Å². The first-order valence-electron chi connectivity index (χ1n) is 14.0. The minimum absolute atomic E-state index is 0.229. The molecule has 2 aliphatic heterocycles. The molecule has 0 radical (unpaired) electrons. The first-order chi connectivity index (χ1) is 16.6. The molecule has 2 aliphatic carbocycles. The van der Waals surface area contributed by atoms with Crippen molar-refractivity contribution in [1.82, 2.24) is 9.80 Å². The van der Waals surface area contributed by atoms with Crippen molar-refractivity contribution in [3.8, 4) is 0 Å². The van der Waals surface area contributed by atoms with Gasteiger partial charge in [-0.1, -0.05) is 25.7 Å². The van der Waals surface area contributed by atoms with Crippen molar-refractivity contribution in [2.45, 2.75) is 128 Å². The van der Waals surface area contributed by atoms with Crippen molar-refractivity contribution in [3.05, 3.63) is 0 Å². The Hall–Kier alpha value is -1.54. The standard InChI is InChI=1S/2C14H25NO3/c2*1-13(2,3)18-12(16)15-9-8-14(17)7-5-4-6-11(14)10-15/h2*11,17H,4-10H2,1-3H3/t2*11-,14-/m10/s1. The third-order valence-corrected chi connectivity index (χ3v) is 8.16. The summed E-state index contributed by atoms with van der Waals surface area (Å²) in [7, 11) is 0. The van der Waals surface area contributed by atoms with Crippen LogP contribution in [0.4, 0.5) is 9.59 Å². The molecule has 2 N–H and O–H groups in total. The topological polar surface area (TPSA) is 99.5 Å². The van der Waals surface area contributed by atoms with Crippen LogP contribution in [0.15, 0.2) is 0 Å². The first kappa shape index (κ1) is 29.0. The fraction of sp³-hybridized carbons (Fsp3) is 0.929. The molecule has 8 heteroatoms. The van der Waals surface area contributed by atoms with E-state index in [2.05, 4.69) is 0 Å². The lowest BCUT2D eigenvalue weighted by Crippen LogP contribution is -2.55. The second-order valence-corrected chi connectivity index (χ2v) is 13.4. The average Bonchev–Trinajstić information content (AvgIpc) is 2.76. The highest BCUT2D eigenvalue weighted by molar-refractivity contribution is 5.68. The maximum atomic E-state index is 12.0. The van der Waals surface area contributed by atoms with E-state index in [-0.39, 0.29) is 24.0 Å². The van der Waals surface area contributed by atoms with Gasteiger partial charge in [-0.15, -0.1) is 0 Å². The van der Waals surface area contributed by atoms with Gasteiger partial charge in [-0.3, -0.25) is 0 Å². The van der Waals surface area contributed by atoms with Gasteiger partial charge >= 0.3 is 12.2 Å². The van der Waals surface area contributed by atoms with Gasteiger partial charge in [0.1, 0.15) is 11.2 Å². The molecule has 0 aromatic carbocycles. The molecule has 2 saturated carbocycles. The first-order valence-corrected chi connectivity index (χ1v) is 14.0. The number of aliphatic hydroxyl groups is 2. The van der Waals surface area contributed by atoms with Gasteiger partial charge in [0.15, 0.2) is 0 Å². The minimum atomic E-state index is -0.531. The second kappa shape index (κ2) is 11.1. The van der Waals surface area contributed by atoms with Crippen molar-refractivity contribution < 1.29 is 29.3 Å². The van der Waals surface area contributed by atoms with E-state index >= 15 is 0 Å². The number of piperidine rings is 2. The van der Waals surface area contributed by atoms with E-state index in [9.17, 15) is 19.8 Å². The summed E-state index contributed by atoms with van der Waals surface area (Å²) in [5.41, 5.74) is -1.96. The number of hydrogen-bond donors (Lipinski definition) is 2. The van der Waals surface area contributed by atoms with E-state index < -0.39 is 22.4 Å². The van der Waals surface area contributed by atoms with Crippen molar-refractivity contribution >= 4 is 12.2 Å². The van der Waals surface area contributed by atoms with Crippen LogP contribution < -0.4 is 0 Å². The predicted octanol–water partition coefficient (Wildman–Crippen LogP) is 5.10. The van der Waals surface area contributed by atoms with E-state index in [4.69, 9.17) is 9.47 Å². The summed E-state index contributed by atoms with van der Waals surface area (Å²) in [6, 6.07) is 0. The van der Waals surface area contributed by atoms with E-state index in [0.717, 1.165) is 51.4 Å². The molecule has 0 unspecified atom stereocenters. The second-order valence-electron chi connectivity index (χ2n) is 13.4. The summed E-state index contributed by atoms with van der Waals surface area (Å²) in [4.78, 5) is 27.5. The Kier molecular flexibility index (Phi) is 8.92. The van der Waals surface area contributed by atoms with Gasteiger partial charge in [0.25, 0.3) is 0 Å². The summed E-state index contributed by atoms with van der Waals surface area (Å²) < 4.78 is 10.8. The van der Waals surface area contributed by atoms with Crippen LogP contribution in [0.25, 0.3) is 0 Å². The molecule has 0 aromatic rings. The van der Waals surface area contributed by atoms with E-state index in [0.29, 0.717) is 39.0 Å². The Morgan fingerprint density at radius 2 is 1.03 bits per heavy atom. The zero-order valence-corrected chi connectivity index (χ0v) is 23.5. The van der Waals surface area contributed by atoms with E-state index in [1.165, 1.54) is 0 Å². The molecule has 4 aliphatic rings. The van der Waals surface area contributed by atoms with Crippen LogP contribution in [-0.2, 0) is 9.47 Å². The number of carbonyl (C=O) groups excluding carboxylic acids is 2. The predicted molar refractivity (Wildman–Crippen MR) is 139 cm³/mol. The molecule has 0 aromatic heterocycles. The number of amides is 2. The van der Waals surface area contributed by atoms with E-state index in [1.54, 1.807) is 9.80 Å². The number of nitrogens with zero attached hydrogens (tertiary/aromatic N) is 2. The van der Waals surface area contributed by atoms with Crippen molar-refractivity contribution in [3.63, 3.8) is 0 Å². The molecular weight excluding hydrogens is 460 g/mol. The highest BCUT2D eigenvalue weighted by Crippen LogP contribution is 2.41. The number of ether oxygens (including phenoxy) is 2. The molecule has 2 heterocycles. The van der Waals surface area contributed by atoms with Gasteiger partial charge in [-0.2, -0.15) is 0 Å². The lowest BCUT2D eigenvalue weighted by atomic mass is 9.71. The molecule has 4 fully saturated rings. The van der Waals surface area contributed by atoms with Crippen LogP contribution in [0.3, 0.4) is 0 Å². The van der Waals surface area contributed by atoms with E-state index in [1.807, 2.05) is 41.5 Å². The highest BCUT2D eigenvalue weighted by Gasteiger charge is 2.45. The summed E-state index contributed by atoms with van der Waals surface area (Å²) in [6.45, 7) is 13.8. The minimum Gasteiger partial charge on any atom is -0.444 e. The SMILES string of the molecule is CC(C)(C)OC(=O)N1CC[C@@]2(O)CCCC[C@H]2C1.CC(C)(C)OC(=O)N1CC[C@]2(O)CCCC[C@@H]2C1. The molecule has 8 nitrogen and oxygen atoms in total. The Labute approximate surface area is 217 Å². The number of carbonyl (C=O) groups is 2. The summed E-state index contributed by atoms with van der Waals surface area (Å²) in [5, 5.41) is 21.1. The zero-order valence-electron chi connectivity index (χ0n) is 23.5. The maximum Gasteiger partial charge on any atom is 0.410 e. The molecule has 208 valence electrons. The largest absolute Gasteiger partial charge is 0.444 e. The van der Waals surface area contributed by atoms with Gasteiger partial charge < -0.3 is 29.5 Å². The molecule has 4 atom stereocenters. The summed E-state index contributed by atoms with van der Waals surface area (Å²) >= 11 is 0. The lowest BCUT2D eigenvalue weighted by Gasteiger charge is -2.47. The van der Waals surface area contributed by atoms with Crippen molar-refractivity contribution in [2.75, 3.05) is 26.2 Å². The summed E-state index contributed by atoms with van der Waals surface area (Å²) in [5.74, 6) is 0.458. The monoisotopic (exact) mass is 510 g/mol. The van der Waals surface area contributed by atoms with Crippen molar-refractivity contribution in [1.29, 1.82) is 0 Å². The molecule has 2 saturated heterocycles. The smallest absolute Gasteiger partial charge is 0.410 e. The van der Waals surface area contributed by atoms with Gasteiger partial charge in [-0.25, -0.2) is 9.59 Å². The van der Waals surface area contributed by atoms with Crippen LogP contribution in [0.5, 0.6) is 0 Å². The van der Waals surface area contributed by atoms with Gasteiger partial charge in [-0.05, 0) is 80.1 Å². The normalized spacial score (nSPS) is 32.9. The third-order valence-electron chi connectivity index (χ3n) is 8.16. The summed E-state index contributed by atoms with van der Waals surface area (Å²) in [6.07, 6.45) is 9.27. The van der Waals surface area contributed by atoms with Crippen LogP contribution in [0, 0.1) is 11.8 Å². The van der Waals surface area contributed by atoms with Gasteiger partial charge in [0.2, 0.25) is 0 Å². The van der Waals surface area contributed by atoms with Crippen LogP contribution in [-0.4, -0.2) is 80.8 Å². The quantitative estimate of drug-likeness (QED) is 0.471. The number of fused-ring (bicyclic) bond motifs is 2. The Balaban J connectivity index is 0.000000201. The fourth-order valence-corrected chi connectivity index (χ4v) is 6.13. The zero-order chi connectivity index (χ0) is 26.8. The number of hydrogen-bond acceptors (Lipinski definition) is 6. The number of rotatable bonds is 0. The molecule has 36 heavy (non-hydrogen) atoms. The molecule has 4 rings (SSSR count). The van der Waals surface area contributed by atoms with Crippen molar-refractivity contribution in [2.24, 2.45) is 11.8 Å². The average molecular weight is 511 g/mol. The third kappa shape index (κ3) is 7.73. The Morgan fingerprint density at radius 3 is 1.36 bits per heavy atom. The molecule has 2 amide bonds. The fourth-order valence-electron chi connectivity index (χ4n) is 6.13. The maximum absolute atomic E-state index is 12.0. The molecule has 0 spiro atoms. The molecular formula is C28H50N2O6.